The fourth-order valence-electron chi connectivity index (χ4n) is 2.13. The molecule has 0 saturated carbocycles. The van der Waals surface area contributed by atoms with Crippen LogP contribution in [0.25, 0.3) is 0 Å². The maximum absolute atomic E-state index is 13.2. The van der Waals surface area contributed by atoms with Gasteiger partial charge in [-0.15, -0.1) is 0 Å². The van der Waals surface area contributed by atoms with Gasteiger partial charge in [0.2, 0.25) is 0 Å². The Balaban J connectivity index is 2.16. The molecule has 0 bridgehead atoms. The number of ether oxygens (including phenoxy) is 1. The van der Waals surface area contributed by atoms with Gasteiger partial charge in [0.1, 0.15) is 5.75 Å². The Morgan fingerprint density at radius 1 is 1.05 bits per heavy atom. The Bertz CT molecular complexity index is 569. The monoisotopic (exact) mass is 277 g/mol. The molecule has 20 heavy (non-hydrogen) atoms. The van der Waals surface area contributed by atoms with E-state index in [2.05, 4.69) is 5.32 Å². The van der Waals surface area contributed by atoms with Crippen LogP contribution in [0, 0.1) is 11.6 Å². The van der Waals surface area contributed by atoms with Crippen LogP contribution in [0.5, 0.6) is 5.75 Å². The molecule has 1 N–H and O–H groups in total. The lowest BCUT2D eigenvalue weighted by Gasteiger charge is -2.17. The van der Waals surface area contributed by atoms with Gasteiger partial charge in [-0.2, -0.15) is 0 Å². The number of methoxy groups -OCH3 is 1. The minimum atomic E-state index is -0.820. The number of benzene rings is 2. The highest BCUT2D eigenvalue weighted by atomic mass is 19.2. The minimum Gasteiger partial charge on any atom is -0.497 e. The van der Waals surface area contributed by atoms with E-state index in [0.29, 0.717) is 6.42 Å². The second-order valence-corrected chi connectivity index (χ2v) is 4.57. The number of likely N-dealkylation sites (N-methyl/N-ethyl adjacent to an activating group) is 1. The van der Waals surface area contributed by atoms with Crippen LogP contribution in [0.1, 0.15) is 17.2 Å². The molecule has 0 aliphatic rings. The SMILES string of the molecule is CNC(Cc1ccc(F)c(F)c1)c1ccc(OC)cc1. The summed E-state index contributed by atoms with van der Waals surface area (Å²) in [6, 6.07) is 11.7. The number of rotatable bonds is 5. The van der Waals surface area contributed by atoms with Crippen molar-refractivity contribution >= 4 is 0 Å². The Morgan fingerprint density at radius 3 is 2.30 bits per heavy atom. The van der Waals surface area contributed by atoms with E-state index in [1.807, 2.05) is 31.3 Å². The highest BCUT2D eigenvalue weighted by Crippen LogP contribution is 2.21. The highest BCUT2D eigenvalue weighted by Gasteiger charge is 2.12. The lowest BCUT2D eigenvalue weighted by molar-refractivity contribution is 0.414. The molecule has 0 heterocycles. The molecule has 2 nitrogen and oxygen atoms in total. The quantitative estimate of drug-likeness (QED) is 0.903. The lowest BCUT2D eigenvalue weighted by atomic mass is 9.99. The molecule has 4 heteroatoms. The average Bonchev–Trinajstić information content (AvgIpc) is 2.48. The van der Waals surface area contributed by atoms with Gasteiger partial charge in [-0.05, 0) is 48.9 Å². The second kappa shape index (κ2) is 6.48. The standard InChI is InChI=1S/C16H17F2NO/c1-19-16(12-4-6-13(20-2)7-5-12)10-11-3-8-14(17)15(18)9-11/h3-9,16,19H,10H2,1-2H3. The molecule has 0 radical (unpaired) electrons. The first-order valence-corrected chi connectivity index (χ1v) is 6.39. The molecule has 2 aromatic rings. The number of hydrogen-bond donors (Lipinski definition) is 1. The van der Waals surface area contributed by atoms with Crippen molar-refractivity contribution in [2.45, 2.75) is 12.5 Å². The summed E-state index contributed by atoms with van der Waals surface area (Å²) in [4.78, 5) is 0. The fourth-order valence-corrected chi connectivity index (χ4v) is 2.13. The van der Waals surface area contributed by atoms with Gasteiger partial charge in [-0.3, -0.25) is 0 Å². The van der Waals surface area contributed by atoms with Gasteiger partial charge in [0.25, 0.3) is 0 Å². The van der Waals surface area contributed by atoms with E-state index in [1.54, 1.807) is 13.2 Å². The normalized spacial score (nSPS) is 12.2. The molecule has 0 fully saturated rings. The average molecular weight is 277 g/mol. The summed E-state index contributed by atoms with van der Waals surface area (Å²) in [5.74, 6) is -0.845. The summed E-state index contributed by atoms with van der Waals surface area (Å²) in [7, 11) is 3.46. The summed E-state index contributed by atoms with van der Waals surface area (Å²) in [6.45, 7) is 0. The van der Waals surface area contributed by atoms with Crippen molar-refractivity contribution in [2.24, 2.45) is 0 Å². The van der Waals surface area contributed by atoms with Crippen LogP contribution in [-0.2, 0) is 6.42 Å². The van der Waals surface area contributed by atoms with Gasteiger partial charge in [0, 0.05) is 6.04 Å². The third kappa shape index (κ3) is 3.33. The van der Waals surface area contributed by atoms with Crippen molar-refractivity contribution in [2.75, 3.05) is 14.2 Å². The largest absolute Gasteiger partial charge is 0.497 e. The summed E-state index contributed by atoms with van der Waals surface area (Å²) in [5, 5.41) is 3.18. The first kappa shape index (κ1) is 14.5. The maximum Gasteiger partial charge on any atom is 0.159 e. The van der Waals surface area contributed by atoms with Gasteiger partial charge in [0.05, 0.1) is 7.11 Å². The van der Waals surface area contributed by atoms with Gasteiger partial charge >= 0.3 is 0 Å². The highest BCUT2D eigenvalue weighted by molar-refractivity contribution is 5.30. The molecule has 2 rings (SSSR count). The van der Waals surface area contributed by atoms with Gasteiger partial charge in [-0.25, -0.2) is 8.78 Å². The summed E-state index contributed by atoms with van der Waals surface area (Å²) in [5.41, 5.74) is 1.82. The van der Waals surface area contributed by atoms with Crippen molar-refractivity contribution in [3.63, 3.8) is 0 Å². The van der Waals surface area contributed by atoms with Crippen LogP contribution < -0.4 is 10.1 Å². The second-order valence-electron chi connectivity index (χ2n) is 4.57. The van der Waals surface area contributed by atoms with E-state index in [-0.39, 0.29) is 6.04 Å². The van der Waals surface area contributed by atoms with E-state index in [9.17, 15) is 8.78 Å². The zero-order valence-electron chi connectivity index (χ0n) is 11.5. The first-order valence-electron chi connectivity index (χ1n) is 6.39. The molecular weight excluding hydrogens is 260 g/mol. The molecular formula is C16H17F2NO. The topological polar surface area (TPSA) is 21.3 Å². The zero-order valence-corrected chi connectivity index (χ0v) is 11.5. The molecule has 0 saturated heterocycles. The van der Waals surface area contributed by atoms with Crippen molar-refractivity contribution in [3.8, 4) is 5.75 Å². The maximum atomic E-state index is 13.2. The predicted octanol–water partition coefficient (Wildman–Crippen LogP) is 3.48. The van der Waals surface area contributed by atoms with Crippen LogP contribution >= 0.6 is 0 Å². The van der Waals surface area contributed by atoms with Crippen molar-refractivity contribution in [1.82, 2.24) is 5.32 Å². The van der Waals surface area contributed by atoms with E-state index in [4.69, 9.17) is 4.74 Å². The Hall–Kier alpha value is -1.94. The predicted molar refractivity (Wildman–Crippen MR) is 74.9 cm³/mol. The molecule has 1 atom stereocenters. The first-order chi connectivity index (χ1) is 9.63. The van der Waals surface area contributed by atoms with Gasteiger partial charge in [0.15, 0.2) is 11.6 Å². The molecule has 0 spiro atoms. The molecule has 2 aromatic carbocycles. The lowest BCUT2D eigenvalue weighted by Crippen LogP contribution is -2.18. The van der Waals surface area contributed by atoms with Crippen LogP contribution in [-0.4, -0.2) is 14.2 Å². The van der Waals surface area contributed by atoms with Crippen LogP contribution in [0.15, 0.2) is 42.5 Å². The molecule has 1 unspecified atom stereocenters. The fraction of sp³-hybridized carbons (Fsp3) is 0.250. The Morgan fingerprint density at radius 2 is 1.75 bits per heavy atom. The van der Waals surface area contributed by atoms with E-state index in [0.717, 1.165) is 22.9 Å². The van der Waals surface area contributed by atoms with Crippen LogP contribution in [0.4, 0.5) is 8.78 Å². The molecule has 0 amide bonds. The van der Waals surface area contributed by atoms with Crippen molar-refractivity contribution < 1.29 is 13.5 Å². The van der Waals surface area contributed by atoms with E-state index in [1.165, 1.54) is 6.07 Å². The number of halogens is 2. The number of nitrogens with one attached hydrogen (secondary N) is 1. The van der Waals surface area contributed by atoms with Crippen LogP contribution in [0.3, 0.4) is 0 Å². The smallest absolute Gasteiger partial charge is 0.159 e. The van der Waals surface area contributed by atoms with Gasteiger partial charge < -0.3 is 10.1 Å². The zero-order chi connectivity index (χ0) is 14.5. The van der Waals surface area contributed by atoms with E-state index >= 15 is 0 Å². The third-order valence-corrected chi connectivity index (χ3v) is 3.29. The van der Waals surface area contributed by atoms with Crippen LogP contribution in [0.2, 0.25) is 0 Å². The van der Waals surface area contributed by atoms with Crippen molar-refractivity contribution in [3.05, 3.63) is 65.2 Å². The summed E-state index contributed by atoms with van der Waals surface area (Å²) < 4.78 is 31.3. The summed E-state index contributed by atoms with van der Waals surface area (Å²) >= 11 is 0. The third-order valence-electron chi connectivity index (χ3n) is 3.29. The minimum absolute atomic E-state index is 0.0331. The molecule has 0 aliphatic heterocycles. The Labute approximate surface area is 117 Å². The number of hydrogen-bond acceptors (Lipinski definition) is 2. The molecule has 106 valence electrons. The van der Waals surface area contributed by atoms with E-state index < -0.39 is 11.6 Å². The van der Waals surface area contributed by atoms with Crippen molar-refractivity contribution in [1.29, 1.82) is 0 Å². The Kier molecular flexibility index (Phi) is 4.69. The molecule has 0 aliphatic carbocycles. The van der Waals surface area contributed by atoms with Gasteiger partial charge in [-0.1, -0.05) is 18.2 Å². The summed E-state index contributed by atoms with van der Waals surface area (Å²) in [6.07, 6.45) is 0.583. The molecule has 0 aromatic heterocycles.